The third-order valence-corrected chi connectivity index (χ3v) is 3.11. The van der Waals surface area contributed by atoms with Crippen molar-refractivity contribution in [3.05, 3.63) is 0 Å². The maximum atomic E-state index is 11.6. The van der Waals surface area contributed by atoms with Crippen LogP contribution in [0.5, 0.6) is 0 Å². The molecule has 0 aliphatic heterocycles. The molecule has 0 heterocycles. The number of nitrogens with two attached hydrogens (primary N) is 1. The summed E-state index contributed by atoms with van der Waals surface area (Å²) in [5.41, 5.74) is 5.33. The van der Waals surface area contributed by atoms with Crippen LogP contribution in [0.4, 0.5) is 0 Å². The first kappa shape index (κ1) is 23.6. The number of aliphatic carboxylic acids is 2. The van der Waals surface area contributed by atoms with Crippen LogP contribution >= 0.6 is 0 Å². The summed E-state index contributed by atoms with van der Waals surface area (Å²) >= 11 is 0. The van der Waals surface area contributed by atoms with Gasteiger partial charge in [0, 0.05) is 12.8 Å². The van der Waals surface area contributed by atoms with Crippen molar-refractivity contribution in [1.29, 1.82) is 0 Å². The van der Waals surface area contributed by atoms with Crippen molar-refractivity contribution in [3.8, 4) is 0 Å². The van der Waals surface area contributed by atoms with Crippen molar-refractivity contribution >= 4 is 17.8 Å². The smallest absolute Gasteiger partial charge is 0.548 e. The Kier molecular flexibility index (Phi) is 16.4. The monoisotopic (exact) mass is 324 g/mol. The summed E-state index contributed by atoms with van der Waals surface area (Å²) in [5.74, 6) is -2.40. The molecule has 0 aliphatic carbocycles. The number of amides is 1. The Morgan fingerprint density at radius 3 is 2.09 bits per heavy atom. The summed E-state index contributed by atoms with van der Waals surface area (Å²) < 4.78 is 0. The second-order valence-electron chi connectivity index (χ2n) is 5.03. The molecular formula is C14H25N2NaO5. The minimum absolute atomic E-state index is 0. The number of hydrogen-bond acceptors (Lipinski definition) is 5. The van der Waals surface area contributed by atoms with E-state index in [0.717, 1.165) is 12.8 Å². The van der Waals surface area contributed by atoms with Crippen LogP contribution in [-0.2, 0) is 14.4 Å². The van der Waals surface area contributed by atoms with Gasteiger partial charge in [0.15, 0.2) is 0 Å². The molecule has 0 fully saturated rings. The summed E-state index contributed by atoms with van der Waals surface area (Å²) in [6.45, 7) is 0.490. The number of rotatable bonds is 13. The van der Waals surface area contributed by atoms with Crippen LogP contribution in [-0.4, -0.2) is 35.5 Å². The average molecular weight is 324 g/mol. The molecule has 1 atom stereocenters. The Labute approximate surface area is 153 Å². The molecule has 0 saturated heterocycles. The van der Waals surface area contributed by atoms with E-state index in [4.69, 9.17) is 10.8 Å². The Morgan fingerprint density at radius 2 is 1.59 bits per heavy atom. The van der Waals surface area contributed by atoms with Gasteiger partial charge < -0.3 is 26.1 Å². The molecule has 0 saturated carbocycles. The van der Waals surface area contributed by atoms with E-state index in [9.17, 15) is 19.5 Å². The molecule has 0 radical (unpaired) electrons. The van der Waals surface area contributed by atoms with Gasteiger partial charge in [-0.3, -0.25) is 9.59 Å². The van der Waals surface area contributed by atoms with Crippen molar-refractivity contribution in [2.24, 2.45) is 5.73 Å². The molecule has 0 aliphatic rings. The van der Waals surface area contributed by atoms with Gasteiger partial charge in [-0.05, 0) is 38.6 Å². The third kappa shape index (κ3) is 14.3. The zero-order valence-corrected chi connectivity index (χ0v) is 15.3. The molecule has 0 aromatic heterocycles. The van der Waals surface area contributed by atoms with E-state index in [-0.39, 0.29) is 48.3 Å². The zero-order chi connectivity index (χ0) is 16.1. The normalized spacial score (nSPS) is 11.3. The molecule has 8 heteroatoms. The largest absolute Gasteiger partial charge is 1.00 e. The van der Waals surface area contributed by atoms with Crippen LogP contribution in [0, 0.1) is 0 Å². The van der Waals surface area contributed by atoms with E-state index in [1.54, 1.807) is 0 Å². The maximum Gasteiger partial charge on any atom is 1.00 e. The molecule has 1 amide bonds. The first-order chi connectivity index (χ1) is 9.97. The van der Waals surface area contributed by atoms with Crippen molar-refractivity contribution in [1.82, 2.24) is 5.32 Å². The van der Waals surface area contributed by atoms with Gasteiger partial charge in [0.25, 0.3) is 0 Å². The zero-order valence-electron chi connectivity index (χ0n) is 13.3. The number of nitrogens with one attached hydrogen (secondary N) is 1. The van der Waals surface area contributed by atoms with E-state index in [1.807, 2.05) is 0 Å². The molecular weight excluding hydrogens is 299 g/mol. The van der Waals surface area contributed by atoms with Crippen molar-refractivity contribution < 1.29 is 54.2 Å². The van der Waals surface area contributed by atoms with Gasteiger partial charge in [-0.25, -0.2) is 0 Å². The molecule has 7 nitrogen and oxygen atoms in total. The number of carboxylic acid groups (broad SMARTS) is 2. The van der Waals surface area contributed by atoms with Gasteiger partial charge in [-0.1, -0.05) is 12.8 Å². The van der Waals surface area contributed by atoms with Crippen molar-refractivity contribution in [2.75, 3.05) is 6.54 Å². The Balaban J connectivity index is 0. The number of hydrogen-bond donors (Lipinski definition) is 3. The quantitative estimate of drug-likeness (QED) is 0.241. The molecule has 0 aromatic carbocycles. The first-order valence-electron chi connectivity index (χ1n) is 7.39. The SMILES string of the molecule is NCCCC[C@H](NC(=O)CCCCCCC(=O)O)C(=O)[O-].[Na+]. The van der Waals surface area contributed by atoms with Crippen LogP contribution in [0.3, 0.4) is 0 Å². The first-order valence-corrected chi connectivity index (χ1v) is 7.39. The molecule has 22 heavy (non-hydrogen) atoms. The van der Waals surface area contributed by atoms with E-state index in [1.165, 1.54) is 0 Å². The Morgan fingerprint density at radius 1 is 1.00 bits per heavy atom. The third-order valence-electron chi connectivity index (χ3n) is 3.11. The summed E-state index contributed by atoms with van der Waals surface area (Å²) in [4.78, 5) is 32.8. The molecule has 4 N–H and O–H groups in total. The van der Waals surface area contributed by atoms with Gasteiger partial charge in [0.2, 0.25) is 5.91 Å². The standard InChI is InChI=1S/C14H26N2O5.Na/c15-10-6-5-7-11(14(20)21)16-12(17)8-3-1-2-4-9-13(18)19;/h11H,1-10,15H2,(H,16,17)(H,18,19)(H,20,21);/q;+1/p-1/t11-;/m0./s1. The number of carboxylic acids is 2. The summed E-state index contributed by atoms with van der Waals surface area (Å²) in [5, 5.41) is 21.8. The number of carbonyl (C=O) groups is 3. The fourth-order valence-corrected chi connectivity index (χ4v) is 1.92. The fraction of sp³-hybridized carbons (Fsp3) is 0.786. The second-order valence-corrected chi connectivity index (χ2v) is 5.03. The van der Waals surface area contributed by atoms with Gasteiger partial charge in [-0.2, -0.15) is 0 Å². The molecule has 0 bridgehead atoms. The van der Waals surface area contributed by atoms with E-state index >= 15 is 0 Å². The Hall–Kier alpha value is -0.630. The van der Waals surface area contributed by atoms with Gasteiger partial charge in [0.05, 0.1) is 12.0 Å². The van der Waals surface area contributed by atoms with Gasteiger partial charge >= 0.3 is 35.5 Å². The molecule has 0 spiro atoms. The number of carbonyl (C=O) groups excluding carboxylic acids is 2. The second kappa shape index (κ2) is 15.3. The maximum absolute atomic E-state index is 11.6. The fourth-order valence-electron chi connectivity index (χ4n) is 1.92. The van der Waals surface area contributed by atoms with Crippen LogP contribution in [0.15, 0.2) is 0 Å². The predicted octanol–water partition coefficient (Wildman–Crippen LogP) is -3.22. The molecule has 0 unspecified atom stereocenters. The van der Waals surface area contributed by atoms with Crippen LogP contribution in [0.1, 0.15) is 57.8 Å². The Bertz CT molecular complexity index is 339. The minimum Gasteiger partial charge on any atom is -0.548 e. The number of unbranched alkanes of at least 4 members (excludes halogenated alkanes) is 4. The minimum atomic E-state index is -1.28. The summed E-state index contributed by atoms with van der Waals surface area (Å²) in [7, 11) is 0. The summed E-state index contributed by atoms with van der Waals surface area (Å²) in [6, 6.07) is -0.962. The van der Waals surface area contributed by atoms with Crippen LogP contribution < -0.4 is 45.7 Å². The van der Waals surface area contributed by atoms with Crippen molar-refractivity contribution in [2.45, 2.75) is 63.8 Å². The van der Waals surface area contributed by atoms with E-state index < -0.39 is 18.0 Å². The topological polar surface area (TPSA) is 133 Å². The van der Waals surface area contributed by atoms with Gasteiger partial charge in [0.1, 0.15) is 0 Å². The molecule has 122 valence electrons. The van der Waals surface area contributed by atoms with Crippen LogP contribution in [0.2, 0.25) is 0 Å². The summed E-state index contributed by atoms with van der Waals surface area (Å²) in [6.07, 6.45) is 4.77. The van der Waals surface area contributed by atoms with E-state index in [2.05, 4.69) is 5.32 Å². The molecule has 0 aromatic rings. The van der Waals surface area contributed by atoms with Gasteiger partial charge in [-0.15, -0.1) is 0 Å². The van der Waals surface area contributed by atoms with Crippen LogP contribution in [0.25, 0.3) is 0 Å². The van der Waals surface area contributed by atoms with E-state index in [0.29, 0.717) is 38.6 Å². The molecule has 0 rings (SSSR count). The van der Waals surface area contributed by atoms with Crippen molar-refractivity contribution in [3.63, 3.8) is 0 Å². The predicted molar refractivity (Wildman–Crippen MR) is 75.2 cm³/mol. The average Bonchev–Trinajstić information content (AvgIpc) is 2.41.